The zero-order valence-corrected chi connectivity index (χ0v) is 13.8. The molecule has 0 saturated carbocycles. The van der Waals surface area contributed by atoms with Crippen LogP contribution in [0, 0.1) is 0 Å². The van der Waals surface area contributed by atoms with Gasteiger partial charge in [-0.1, -0.05) is 44.7 Å². The molecule has 1 aliphatic heterocycles. The first-order chi connectivity index (χ1) is 10.6. The summed E-state index contributed by atoms with van der Waals surface area (Å²) in [6.45, 7) is 6.11. The van der Waals surface area contributed by atoms with Crippen LogP contribution >= 0.6 is 0 Å². The molecule has 0 aliphatic carbocycles. The predicted octanol–water partition coefficient (Wildman–Crippen LogP) is 3.69. The number of fused-ring (bicyclic) bond motifs is 1. The monoisotopic (exact) mass is 305 g/mol. The molecule has 122 valence electrons. The van der Waals surface area contributed by atoms with Crippen molar-refractivity contribution in [2.45, 2.75) is 71.1 Å². The minimum Gasteiger partial charge on any atom is -0.482 e. The molecule has 0 spiro atoms. The molecule has 0 saturated heterocycles. The third-order valence-corrected chi connectivity index (χ3v) is 3.98. The molecular formula is C18H27NO3. The van der Waals surface area contributed by atoms with E-state index in [4.69, 9.17) is 9.47 Å². The Morgan fingerprint density at radius 1 is 1.18 bits per heavy atom. The van der Waals surface area contributed by atoms with Crippen molar-refractivity contribution in [1.29, 1.82) is 0 Å². The van der Waals surface area contributed by atoms with Crippen LogP contribution < -0.4 is 14.8 Å². The van der Waals surface area contributed by atoms with Crippen LogP contribution in [0.4, 0.5) is 0 Å². The fourth-order valence-electron chi connectivity index (χ4n) is 2.68. The highest BCUT2D eigenvalue weighted by molar-refractivity contribution is 5.82. The highest BCUT2D eigenvalue weighted by Crippen LogP contribution is 2.33. The number of para-hydroxylation sites is 2. The van der Waals surface area contributed by atoms with Gasteiger partial charge in [0.1, 0.15) is 6.10 Å². The maximum Gasteiger partial charge on any atom is 0.265 e. The van der Waals surface area contributed by atoms with Crippen LogP contribution in [0.2, 0.25) is 0 Å². The van der Waals surface area contributed by atoms with Crippen molar-refractivity contribution in [3.05, 3.63) is 24.3 Å². The van der Waals surface area contributed by atoms with Crippen molar-refractivity contribution in [1.82, 2.24) is 5.32 Å². The standard InChI is InChI=1S/C18H27NO3/c1-4-5-6-7-10-13(2)19-18(20)17-14(3)21-15-11-8-9-12-16(15)22-17/h8-9,11-14,17H,4-7,10H2,1-3H3,(H,19,20). The van der Waals surface area contributed by atoms with Crippen LogP contribution in [0.5, 0.6) is 11.5 Å². The Labute approximate surface area is 133 Å². The van der Waals surface area contributed by atoms with Crippen molar-refractivity contribution < 1.29 is 14.3 Å². The van der Waals surface area contributed by atoms with E-state index in [1.807, 2.05) is 38.1 Å². The van der Waals surface area contributed by atoms with Gasteiger partial charge in [0, 0.05) is 6.04 Å². The first kappa shape index (κ1) is 16.7. The second kappa shape index (κ2) is 8.06. The molecule has 2 rings (SSSR count). The van der Waals surface area contributed by atoms with Gasteiger partial charge in [-0.2, -0.15) is 0 Å². The van der Waals surface area contributed by atoms with Gasteiger partial charge in [0.25, 0.3) is 5.91 Å². The molecule has 3 atom stereocenters. The van der Waals surface area contributed by atoms with Gasteiger partial charge in [0.2, 0.25) is 6.10 Å². The number of unbranched alkanes of at least 4 members (excludes halogenated alkanes) is 3. The Balaban J connectivity index is 1.85. The molecule has 1 amide bonds. The van der Waals surface area contributed by atoms with Gasteiger partial charge in [0.05, 0.1) is 0 Å². The molecular weight excluding hydrogens is 278 g/mol. The average Bonchev–Trinajstić information content (AvgIpc) is 2.50. The second-order valence-corrected chi connectivity index (χ2v) is 6.07. The van der Waals surface area contributed by atoms with E-state index in [1.165, 1.54) is 19.3 Å². The maximum absolute atomic E-state index is 12.4. The fraction of sp³-hybridized carbons (Fsp3) is 0.611. The number of rotatable bonds is 7. The van der Waals surface area contributed by atoms with Crippen LogP contribution in [0.15, 0.2) is 24.3 Å². The largest absolute Gasteiger partial charge is 0.482 e. The van der Waals surface area contributed by atoms with Gasteiger partial charge < -0.3 is 14.8 Å². The van der Waals surface area contributed by atoms with E-state index in [0.29, 0.717) is 11.5 Å². The predicted molar refractivity (Wildman–Crippen MR) is 87.3 cm³/mol. The molecule has 0 aromatic heterocycles. The number of benzene rings is 1. The first-order valence-electron chi connectivity index (χ1n) is 8.34. The summed E-state index contributed by atoms with van der Waals surface area (Å²) in [6.07, 6.45) is 4.98. The third kappa shape index (κ3) is 4.39. The lowest BCUT2D eigenvalue weighted by molar-refractivity contribution is -0.134. The normalized spacial score (nSPS) is 21.2. The first-order valence-corrected chi connectivity index (χ1v) is 8.34. The Morgan fingerprint density at radius 3 is 2.55 bits per heavy atom. The second-order valence-electron chi connectivity index (χ2n) is 6.07. The number of nitrogens with one attached hydrogen (secondary N) is 1. The maximum atomic E-state index is 12.4. The molecule has 4 heteroatoms. The lowest BCUT2D eigenvalue weighted by atomic mass is 10.1. The van der Waals surface area contributed by atoms with Gasteiger partial charge in [-0.3, -0.25) is 4.79 Å². The summed E-state index contributed by atoms with van der Waals surface area (Å²) >= 11 is 0. The van der Waals surface area contributed by atoms with Gasteiger partial charge in [-0.05, 0) is 32.4 Å². The zero-order valence-electron chi connectivity index (χ0n) is 13.8. The van der Waals surface area contributed by atoms with Gasteiger partial charge >= 0.3 is 0 Å². The number of hydrogen-bond acceptors (Lipinski definition) is 3. The van der Waals surface area contributed by atoms with Crippen LogP contribution in [-0.2, 0) is 4.79 Å². The Morgan fingerprint density at radius 2 is 1.86 bits per heavy atom. The van der Waals surface area contributed by atoms with Gasteiger partial charge in [0.15, 0.2) is 11.5 Å². The van der Waals surface area contributed by atoms with Crippen LogP contribution in [0.25, 0.3) is 0 Å². The van der Waals surface area contributed by atoms with E-state index < -0.39 is 6.10 Å². The molecule has 1 aromatic carbocycles. The molecule has 1 aliphatic rings. The lowest BCUT2D eigenvalue weighted by Crippen LogP contribution is -2.51. The highest BCUT2D eigenvalue weighted by Gasteiger charge is 2.34. The van der Waals surface area contributed by atoms with Crippen LogP contribution in [-0.4, -0.2) is 24.2 Å². The van der Waals surface area contributed by atoms with Gasteiger partial charge in [-0.25, -0.2) is 0 Å². The Bertz CT molecular complexity index is 489. The summed E-state index contributed by atoms with van der Waals surface area (Å²) in [4.78, 5) is 12.4. The summed E-state index contributed by atoms with van der Waals surface area (Å²) < 4.78 is 11.6. The number of carbonyl (C=O) groups is 1. The summed E-state index contributed by atoms with van der Waals surface area (Å²) in [6, 6.07) is 7.63. The molecule has 3 unspecified atom stereocenters. The Hall–Kier alpha value is -1.71. The third-order valence-electron chi connectivity index (χ3n) is 3.98. The molecule has 0 fully saturated rings. The molecule has 1 heterocycles. The van der Waals surface area contributed by atoms with E-state index in [1.54, 1.807) is 0 Å². The zero-order chi connectivity index (χ0) is 15.9. The van der Waals surface area contributed by atoms with Crippen molar-refractivity contribution in [3.63, 3.8) is 0 Å². The van der Waals surface area contributed by atoms with E-state index in [2.05, 4.69) is 12.2 Å². The van der Waals surface area contributed by atoms with E-state index >= 15 is 0 Å². The number of carbonyl (C=O) groups excluding carboxylic acids is 1. The molecule has 1 N–H and O–H groups in total. The average molecular weight is 305 g/mol. The minimum absolute atomic E-state index is 0.0926. The molecule has 0 bridgehead atoms. The summed E-state index contributed by atoms with van der Waals surface area (Å²) in [5.41, 5.74) is 0. The number of ether oxygens (including phenoxy) is 2. The molecule has 22 heavy (non-hydrogen) atoms. The molecule has 1 aromatic rings. The van der Waals surface area contributed by atoms with Crippen LogP contribution in [0.3, 0.4) is 0 Å². The van der Waals surface area contributed by atoms with E-state index in [-0.39, 0.29) is 18.1 Å². The smallest absolute Gasteiger partial charge is 0.265 e. The molecule has 4 nitrogen and oxygen atoms in total. The van der Waals surface area contributed by atoms with Crippen molar-refractivity contribution in [3.8, 4) is 11.5 Å². The highest BCUT2D eigenvalue weighted by atomic mass is 16.6. The van der Waals surface area contributed by atoms with Crippen LogP contribution in [0.1, 0.15) is 52.9 Å². The quantitative estimate of drug-likeness (QED) is 0.782. The summed E-state index contributed by atoms with van der Waals surface area (Å²) in [7, 11) is 0. The van der Waals surface area contributed by atoms with Crippen molar-refractivity contribution in [2.75, 3.05) is 0 Å². The molecule has 0 radical (unpaired) electrons. The topological polar surface area (TPSA) is 47.6 Å². The van der Waals surface area contributed by atoms with Crippen molar-refractivity contribution in [2.24, 2.45) is 0 Å². The SMILES string of the molecule is CCCCCCC(C)NC(=O)C1Oc2ccccc2OC1C. The summed E-state index contributed by atoms with van der Waals surface area (Å²) in [5.74, 6) is 1.24. The summed E-state index contributed by atoms with van der Waals surface area (Å²) in [5, 5.41) is 3.04. The Kier molecular flexibility index (Phi) is 6.10. The number of hydrogen-bond donors (Lipinski definition) is 1. The van der Waals surface area contributed by atoms with E-state index in [0.717, 1.165) is 12.8 Å². The fourth-order valence-corrected chi connectivity index (χ4v) is 2.68. The van der Waals surface area contributed by atoms with E-state index in [9.17, 15) is 4.79 Å². The lowest BCUT2D eigenvalue weighted by Gasteiger charge is -2.31. The van der Waals surface area contributed by atoms with Gasteiger partial charge in [-0.15, -0.1) is 0 Å². The van der Waals surface area contributed by atoms with Crippen molar-refractivity contribution >= 4 is 5.91 Å². The number of amides is 1. The minimum atomic E-state index is -0.590.